The van der Waals surface area contributed by atoms with Crippen LogP contribution in [0.25, 0.3) is 0 Å². The van der Waals surface area contributed by atoms with E-state index in [-0.39, 0.29) is 11.8 Å². The molecule has 0 radical (unpaired) electrons. The van der Waals surface area contributed by atoms with E-state index in [2.05, 4.69) is 5.32 Å². The molecule has 3 nitrogen and oxygen atoms in total. The Morgan fingerprint density at radius 1 is 1.36 bits per heavy atom. The van der Waals surface area contributed by atoms with Crippen LogP contribution in [0.4, 0.5) is 0 Å². The van der Waals surface area contributed by atoms with Gasteiger partial charge in [-0.25, -0.2) is 0 Å². The van der Waals surface area contributed by atoms with Gasteiger partial charge >= 0.3 is 0 Å². The van der Waals surface area contributed by atoms with Crippen LogP contribution in [0, 0.1) is 6.92 Å². The molecule has 0 amide bonds. The maximum absolute atomic E-state index is 9.86. The largest absolute Gasteiger partial charge is 0.508 e. The van der Waals surface area contributed by atoms with E-state index in [0.29, 0.717) is 0 Å². The molecule has 78 valence electrons. The number of phenols is 1. The second-order valence-electron chi connectivity index (χ2n) is 3.57. The van der Waals surface area contributed by atoms with Gasteiger partial charge in [0.15, 0.2) is 0 Å². The first-order valence-electron chi connectivity index (χ1n) is 4.71. The molecule has 0 aliphatic carbocycles. The van der Waals surface area contributed by atoms with Gasteiger partial charge in [0.1, 0.15) is 5.75 Å². The number of aromatic hydroxyl groups is 1. The number of benzene rings is 1. The predicted octanol–water partition coefficient (Wildman–Crippen LogP) is 1.34. The molecule has 0 aliphatic rings. The Morgan fingerprint density at radius 3 is 2.50 bits per heavy atom. The van der Waals surface area contributed by atoms with Crippen molar-refractivity contribution in [1.29, 1.82) is 0 Å². The van der Waals surface area contributed by atoms with Crippen molar-refractivity contribution in [2.45, 2.75) is 26.0 Å². The Labute approximate surface area is 84.4 Å². The van der Waals surface area contributed by atoms with Crippen LogP contribution in [0.1, 0.15) is 24.2 Å². The van der Waals surface area contributed by atoms with Gasteiger partial charge in [0.25, 0.3) is 0 Å². The SMILES string of the molecule is CNC(C)C(O)c1ccc(O)c(C)c1. The molecule has 0 fully saturated rings. The van der Waals surface area contributed by atoms with E-state index in [1.165, 1.54) is 0 Å². The van der Waals surface area contributed by atoms with E-state index in [1.54, 1.807) is 25.2 Å². The normalized spacial score (nSPS) is 15.1. The van der Waals surface area contributed by atoms with Gasteiger partial charge in [0, 0.05) is 6.04 Å². The molecule has 1 aromatic rings. The highest BCUT2D eigenvalue weighted by molar-refractivity contribution is 5.36. The molecular weight excluding hydrogens is 178 g/mol. The van der Waals surface area contributed by atoms with Crippen LogP contribution in [0.5, 0.6) is 5.75 Å². The Kier molecular flexibility index (Phi) is 3.49. The molecule has 0 aromatic heterocycles. The van der Waals surface area contributed by atoms with Crippen LogP contribution >= 0.6 is 0 Å². The lowest BCUT2D eigenvalue weighted by Crippen LogP contribution is -2.28. The first kappa shape index (κ1) is 11.0. The fourth-order valence-electron chi connectivity index (χ4n) is 1.31. The molecule has 14 heavy (non-hydrogen) atoms. The summed E-state index contributed by atoms with van der Waals surface area (Å²) in [7, 11) is 1.81. The van der Waals surface area contributed by atoms with Crippen LogP contribution in [0.2, 0.25) is 0 Å². The van der Waals surface area contributed by atoms with Crippen molar-refractivity contribution in [3.05, 3.63) is 29.3 Å². The summed E-state index contributed by atoms with van der Waals surface area (Å²) in [5, 5.41) is 22.2. The molecule has 0 bridgehead atoms. The van der Waals surface area contributed by atoms with Gasteiger partial charge in [-0.05, 0) is 44.2 Å². The number of hydrogen-bond donors (Lipinski definition) is 3. The number of aliphatic hydroxyl groups excluding tert-OH is 1. The van der Waals surface area contributed by atoms with Gasteiger partial charge in [-0.15, -0.1) is 0 Å². The summed E-state index contributed by atoms with van der Waals surface area (Å²) >= 11 is 0. The van der Waals surface area contributed by atoms with Crippen molar-refractivity contribution < 1.29 is 10.2 Å². The third-order valence-electron chi connectivity index (χ3n) is 2.49. The van der Waals surface area contributed by atoms with Crippen LogP contribution in [-0.2, 0) is 0 Å². The predicted molar refractivity (Wildman–Crippen MR) is 56.3 cm³/mol. The molecule has 2 unspecified atom stereocenters. The molecule has 3 heteroatoms. The highest BCUT2D eigenvalue weighted by atomic mass is 16.3. The molecule has 1 aromatic carbocycles. The van der Waals surface area contributed by atoms with E-state index >= 15 is 0 Å². The van der Waals surface area contributed by atoms with E-state index in [0.717, 1.165) is 11.1 Å². The lowest BCUT2D eigenvalue weighted by atomic mass is 10.0. The van der Waals surface area contributed by atoms with Gasteiger partial charge in [-0.1, -0.05) is 6.07 Å². The third kappa shape index (κ3) is 2.25. The number of rotatable bonds is 3. The zero-order valence-electron chi connectivity index (χ0n) is 8.78. The minimum absolute atomic E-state index is 0.000979. The van der Waals surface area contributed by atoms with Gasteiger partial charge in [-0.3, -0.25) is 0 Å². The number of phenolic OH excluding ortho intramolecular Hbond substituents is 1. The highest BCUT2D eigenvalue weighted by Crippen LogP contribution is 2.23. The minimum atomic E-state index is -0.542. The fraction of sp³-hybridized carbons (Fsp3) is 0.455. The van der Waals surface area contributed by atoms with Crippen molar-refractivity contribution in [2.75, 3.05) is 7.05 Å². The molecule has 2 atom stereocenters. The Bertz CT molecular complexity index is 312. The Hall–Kier alpha value is -1.06. The maximum atomic E-state index is 9.86. The fourth-order valence-corrected chi connectivity index (χ4v) is 1.31. The Balaban J connectivity index is 2.91. The van der Waals surface area contributed by atoms with Crippen molar-refractivity contribution >= 4 is 0 Å². The quantitative estimate of drug-likeness (QED) is 0.682. The van der Waals surface area contributed by atoms with Gasteiger partial charge in [0.05, 0.1) is 6.10 Å². The summed E-state index contributed by atoms with van der Waals surface area (Å²) in [6.45, 7) is 3.72. The number of aliphatic hydroxyl groups is 1. The van der Waals surface area contributed by atoms with Gasteiger partial charge < -0.3 is 15.5 Å². The summed E-state index contributed by atoms with van der Waals surface area (Å²) in [4.78, 5) is 0. The van der Waals surface area contributed by atoms with Crippen molar-refractivity contribution in [3.8, 4) is 5.75 Å². The van der Waals surface area contributed by atoms with Crippen LogP contribution in [-0.4, -0.2) is 23.3 Å². The monoisotopic (exact) mass is 195 g/mol. The highest BCUT2D eigenvalue weighted by Gasteiger charge is 2.14. The first-order chi connectivity index (χ1) is 6.56. The molecule has 3 N–H and O–H groups in total. The third-order valence-corrected chi connectivity index (χ3v) is 2.49. The van der Waals surface area contributed by atoms with Crippen molar-refractivity contribution in [3.63, 3.8) is 0 Å². The number of nitrogens with one attached hydrogen (secondary N) is 1. The average Bonchev–Trinajstić information content (AvgIpc) is 2.20. The van der Waals surface area contributed by atoms with Gasteiger partial charge in [-0.2, -0.15) is 0 Å². The van der Waals surface area contributed by atoms with E-state index in [4.69, 9.17) is 0 Å². The number of hydrogen-bond acceptors (Lipinski definition) is 3. The lowest BCUT2D eigenvalue weighted by Gasteiger charge is -2.18. The second-order valence-corrected chi connectivity index (χ2v) is 3.57. The van der Waals surface area contributed by atoms with Gasteiger partial charge in [0.2, 0.25) is 0 Å². The minimum Gasteiger partial charge on any atom is -0.508 e. The summed E-state index contributed by atoms with van der Waals surface area (Å²) in [5.74, 6) is 0.262. The van der Waals surface area contributed by atoms with Crippen molar-refractivity contribution in [2.24, 2.45) is 0 Å². The van der Waals surface area contributed by atoms with Crippen LogP contribution in [0.3, 0.4) is 0 Å². The first-order valence-corrected chi connectivity index (χ1v) is 4.71. The second kappa shape index (κ2) is 4.44. The standard InChI is InChI=1S/C11H17NO2/c1-7-6-9(4-5-10(7)13)11(14)8(2)12-3/h4-6,8,11-14H,1-3H3. The Morgan fingerprint density at radius 2 is 2.00 bits per heavy atom. The summed E-state index contributed by atoms with van der Waals surface area (Å²) < 4.78 is 0. The average molecular weight is 195 g/mol. The van der Waals surface area contributed by atoms with E-state index < -0.39 is 6.10 Å². The molecule has 0 saturated carbocycles. The molecule has 0 heterocycles. The topological polar surface area (TPSA) is 52.5 Å². The maximum Gasteiger partial charge on any atom is 0.118 e. The van der Waals surface area contributed by atoms with E-state index in [9.17, 15) is 10.2 Å². The van der Waals surface area contributed by atoms with Crippen LogP contribution < -0.4 is 5.32 Å². The summed E-state index contributed by atoms with van der Waals surface area (Å²) in [5.41, 5.74) is 1.60. The van der Waals surface area contributed by atoms with Crippen molar-refractivity contribution in [1.82, 2.24) is 5.32 Å². The number of aryl methyl sites for hydroxylation is 1. The zero-order chi connectivity index (χ0) is 10.7. The summed E-state index contributed by atoms with van der Waals surface area (Å²) in [6.07, 6.45) is -0.542. The molecule has 0 aliphatic heterocycles. The summed E-state index contributed by atoms with van der Waals surface area (Å²) in [6, 6.07) is 5.14. The molecule has 1 rings (SSSR count). The van der Waals surface area contributed by atoms with E-state index in [1.807, 2.05) is 13.8 Å². The zero-order valence-corrected chi connectivity index (χ0v) is 8.78. The smallest absolute Gasteiger partial charge is 0.118 e. The van der Waals surface area contributed by atoms with Crippen LogP contribution in [0.15, 0.2) is 18.2 Å². The molecule has 0 spiro atoms. The molecule has 0 saturated heterocycles. The molecular formula is C11H17NO2. The lowest BCUT2D eigenvalue weighted by molar-refractivity contribution is 0.140. The number of likely N-dealkylation sites (N-methyl/N-ethyl adjacent to an activating group) is 1.